The van der Waals surface area contributed by atoms with E-state index in [1.165, 1.54) is 18.2 Å². The fraction of sp³-hybridized carbons (Fsp3) is 0.471. The Morgan fingerprint density at radius 1 is 1.38 bits per heavy atom. The smallest absolute Gasteiger partial charge is 0.254 e. The number of nitrogens with one attached hydrogen (secondary N) is 1. The van der Waals surface area contributed by atoms with E-state index >= 15 is 0 Å². The lowest BCUT2D eigenvalue weighted by molar-refractivity contribution is 0.0949. The molecule has 114 valence electrons. The van der Waals surface area contributed by atoms with E-state index in [0.717, 1.165) is 19.3 Å². The van der Waals surface area contributed by atoms with Gasteiger partial charge < -0.3 is 10.4 Å². The molecule has 0 unspecified atom stereocenters. The Morgan fingerprint density at radius 3 is 2.81 bits per heavy atom. The summed E-state index contributed by atoms with van der Waals surface area (Å²) in [6, 6.07) is 4.11. The van der Waals surface area contributed by atoms with Crippen LogP contribution in [0.15, 0.2) is 18.2 Å². The average molecular weight is 291 g/mol. The second-order valence-electron chi connectivity index (χ2n) is 5.30. The van der Waals surface area contributed by atoms with Crippen LogP contribution in [0.2, 0.25) is 0 Å². The summed E-state index contributed by atoms with van der Waals surface area (Å²) in [7, 11) is 0. The van der Waals surface area contributed by atoms with Crippen molar-refractivity contribution in [1.29, 1.82) is 0 Å². The standard InChI is InChI=1S/C17H22FNO2/c1-13(2)6-3-4-10-19-17(21)15-12-14(7-5-11-20)8-9-16(15)18/h8-9,12-13,20H,3-4,6,10-11H2,1-2H3,(H,19,21). The van der Waals surface area contributed by atoms with Gasteiger partial charge in [0.25, 0.3) is 5.91 Å². The van der Waals surface area contributed by atoms with Gasteiger partial charge in [-0.05, 0) is 30.5 Å². The van der Waals surface area contributed by atoms with Gasteiger partial charge in [0.15, 0.2) is 0 Å². The molecule has 0 spiro atoms. The van der Waals surface area contributed by atoms with Crippen molar-refractivity contribution < 1.29 is 14.3 Å². The lowest BCUT2D eigenvalue weighted by atomic mass is 10.1. The number of hydrogen-bond donors (Lipinski definition) is 2. The Hall–Kier alpha value is -1.86. The largest absolute Gasteiger partial charge is 0.384 e. The maximum atomic E-state index is 13.7. The van der Waals surface area contributed by atoms with Gasteiger partial charge >= 0.3 is 0 Å². The number of hydrogen-bond acceptors (Lipinski definition) is 2. The molecule has 0 saturated carbocycles. The summed E-state index contributed by atoms with van der Waals surface area (Å²) >= 11 is 0. The van der Waals surface area contributed by atoms with Crippen LogP contribution in [0.25, 0.3) is 0 Å². The van der Waals surface area contributed by atoms with Gasteiger partial charge in [-0.15, -0.1) is 0 Å². The van der Waals surface area contributed by atoms with Gasteiger partial charge in [-0.3, -0.25) is 4.79 Å². The molecule has 4 heteroatoms. The second kappa shape index (κ2) is 9.15. The van der Waals surface area contributed by atoms with E-state index in [2.05, 4.69) is 31.0 Å². The highest BCUT2D eigenvalue weighted by molar-refractivity contribution is 5.94. The van der Waals surface area contributed by atoms with Crippen LogP contribution in [-0.2, 0) is 0 Å². The summed E-state index contributed by atoms with van der Waals surface area (Å²) in [5, 5.41) is 11.4. The third-order valence-corrected chi connectivity index (χ3v) is 3.02. The first-order chi connectivity index (χ1) is 10.0. The number of carbonyl (C=O) groups excluding carboxylic acids is 1. The molecule has 0 aromatic heterocycles. The molecule has 21 heavy (non-hydrogen) atoms. The molecule has 0 atom stereocenters. The molecule has 1 aromatic carbocycles. The Balaban J connectivity index is 2.57. The number of rotatable bonds is 6. The number of benzene rings is 1. The van der Waals surface area contributed by atoms with Crippen molar-refractivity contribution in [2.24, 2.45) is 5.92 Å². The molecular weight excluding hydrogens is 269 g/mol. The summed E-state index contributed by atoms with van der Waals surface area (Å²) in [5.74, 6) is 4.79. The molecule has 1 amide bonds. The minimum Gasteiger partial charge on any atom is -0.384 e. The number of unbranched alkanes of at least 4 members (excludes halogenated alkanes) is 1. The molecule has 0 aliphatic heterocycles. The quantitative estimate of drug-likeness (QED) is 0.625. The molecule has 0 aliphatic rings. The Labute approximate surface area is 125 Å². The average Bonchev–Trinajstić information content (AvgIpc) is 2.45. The number of aliphatic hydroxyl groups excluding tert-OH is 1. The summed E-state index contributed by atoms with van der Waals surface area (Å²) in [6.45, 7) is 4.59. The zero-order valence-electron chi connectivity index (χ0n) is 12.6. The van der Waals surface area contributed by atoms with Crippen LogP contribution in [0, 0.1) is 23.6 Å². The van der Waals surface area contributed by atoms with Crippen molar-refractivity contribution in [1.82, 2.24) is 5.32 Å². The molecule has 0 bridgehead atoms. The van der Waals surface area contributed by atoms with Crippen molar-refractivity contribution in [3.63, 3.8) is 0 Å². The van der Waals surface area contributed by atoms with Gasteiger partial charge in [-0.25, -0.2) is 4.39 Å². The first-order valence-corrected chi connectivity index (χ1v) is 7.22. The van der Waals surface area contributed by atoms with Crippen LogP contribution < -0.4 is 5.32 Å². The molecule has 0 radical (unpaired) electrons. The zero-order chi connectivity index (χ0) is 15.7. The summed E-state index contributed by atoms with van der Waals surface area (Å²) < 4.78 is 13.7. The maximum Gasteiger partial charge on any atom is 0.254 e. The van der Waals surface area contributed by atoms with Crippen LogP contribution in [0.3, 0.4) is 0 Å². The predicted octanol–water partition coefficient (Wildman–Crippen LogP) is 2.73. The highest BCUT2D eigenvalue weighted by Gasteiger charge is 2.11. The van der Waals surface area contributed by atoms with E-state index in [1.54, 1.807) is 0 Å². The van der Waals surface area contributed by atoms with Gasteiger partial charge in [-0.2, -0.15) is 0 Å². The Kier molecular flexibility index (Phi) is 7.49. The van der Waals surface area contributed by atoms with E-state index in [0.29, 0.717) is 18.0 Å². The zero-order valence-corrected chi connectivity index (χ0v) is 12.6. The van der Waals surface area contributed by atoms with E-state index < -0.39 is 11.7 Å². The third kappa shape index (κ3) is 6.42. The highest BCUT2D eigenvalue weighted by atomic mass is 19.1. The molecule has 0 heterocycles. The molecule has 0 aliphatic carbocycles. The number of carbonyl (C=O) groups is 1. The van der Waals surface area contributed by atoms with E-state index in [4.69, 9.17) is 5.11 Å². The first-order valence-electron chi connectivity index (χ1n) is 7.22. The van der Waals surface area contributed by atoms with Gasteiger partial charge in [-0.1, -0.05) is 38.5 Å². The molecule has 1 aromatic rings. The minimum atomic E-state index is -0.566. The number of halogens is 1. The monoisotopic (exact) mass is 291 g/mol. The molecule has 3 nitrogen and oxygen atoms in total. The minimum absolute atomic E-state index is 0.0106. The fourth-order valence-corrected chi connectivity index (χ4v) is 1.89. The Morgan fingerprint density at radius 2 is 2.14 bits per heavy atom. The predicted molar refractivity (Wildman–Crippen MR) is 81.4 cm³/mol. The van der Waals surface area contributed by atoms with E-state index in [-0.39, 0.29) is 12.2 Å². The molecule has 0 saturated heterocycles. The summed E-state index contributed by atoms with van der Waals surface area (Å²) in [4.78, 5) is 11.9. The van der Waals surface area contributed by atoms with Crippen molar-refractivity contribution in [3.8, 4) is 11.8 Å². The van der Waals surface area contributed by atoms with Crippen LogP contribution in [0.5, 0.6) is 0 Å². The molecule has 1 rings (SSSR count). The van der Waals surface area contributed by atoms with Crippen LogP contribution in [-0.4, -0.2) is 24.2 Å². The maximum absolute atomic E-state index is 13.7. The second-order valence-corrected chi connectivity index (χ2v) is 5.30. The van der Waals surface area contributed by atoms with E-state index in [1.807, 2.05) is 0 Å². The van der Waals surface area contributed by atoms with Crippen molar-refractivity contribution >= 4 is 5.91 Å². The third-order valence-electron chi connectivity index (χ3n) is 3.02. The van der Waals surface area contributed by atoms with Crippen LogP contribution in [0.4, 0.5) is 4.39 Å². The van der Waals surface area contributed by atoms with Gasteiger partial charge in [0, 0.05) is 12.1 Å². The summed E-state index contributed by atoms with van der Waals surface area (Å²) in [6.07, 6.45) is 3.05. The molecular formula is C17H22FNO2. The normalized spacial score (nSPS) is 10.1. The lowest BCUT2D eigenvalue weighted by Crippen LogP contribution is -2.25. The van der Waals surface area contributed by atoms with Gasteiger partial charge in [0.1, 0.15) is 12.4 Å². The van der Waals surface area contributed by atoms with Crippen molar-refractivity contribution in [2.75, 3.05) is 13.2 Å². The molecule has 2 N–H and O–H groups in total. The number of amides is 1. The summed E-state index contributed by atoms with van der Waals surface area (Å²) in [5.41, 5.74) is 0.499. The van der Waals surface area contributed by atoms with Gasteiger partial charge in [0.2, 0.25) is 0 Å². The highest BCUT2D eigenvalue weighted by Crippen LogP contribution is 2.10. The lowest BCUT2D eigenvalue weighted by Gasteiger charge is -2.07. The van der Waals surface area contributed by atoms with E-state index in [9.17, 15) is 9.18 Å². The molecule has 0 fully saturated rings. The topological polar surface area (TPSA) is 49.3 Å². The first kappa shape index (κ1) is 17.2. The van der Waals surface area contributed by atoms with Crippen LogP contribution >= 0.6 is 0 Å². The van der Waals surface area contributed by atoms with Gasteiger partial charge in [0.05, 0.1) is 5.56 Å². The Bertz CT molecular complexity index is 529. The fourth-order valence-electron chi connectivity index (χ4n) is 1.89. The van der Waals surface area contributed by atoms with Crippen LogP contribution in [0.1, 0.15) is 49.0 Å². The van der Waals surface area contributed by atoms with Crippen molar-refractivity contribution in [3.05, 3.63) is 35.1 Å². The SMILES string of the molecule is CC(C)CCCCNC(=O)c1cc(C#CCO)ccc1F. The number of aliphatic hydroxyl groups is 1. The van der Waals surface area contributed by atoms with Crippen molar-refractivity contribution in [2.45, 2.75) is 33.1 Å².